The number of aliphatic hydroxyl groups is 1. The average molecular weight is 221 g/mol. The van der Waals surface area contributed by atoms with E-state index in [1.165, 1.54) is 11.1 Å². The Hall–Kier alpha value is -1.06. The van der Waals surface area contributed by atoms with Gasteiger partial charge in [0.2, 0.25) is 0 Å². The van der Waals surface area contributed by atoms with Crippen molar-refractivity contribution in [3.8, 4) is 5.75 Å². The van der Waals surface area contributed by atoms with Crippen LogP contribution in [-0.4, -0.2) is 31.4 Å². The Bertz CT molecular complexity index is 339. The van der Waals surface area contributed by atoms with Gasteiger partial charge in [0.1, 0.15) is 5.75 Å². The minimum absolute atomic E-state index is 0.267. The molecule has 1 aliphatic rings. The van der Waals surface area contributed by atoms with Gasteiger partial charge in [-0.2, -0.15) is 0 Å². The van der Waals surface area contributed by atoms with Crippen molar-refractivity contribution < 1.29 is 9.84 Å². The van der Waals surface area contributed by atoms with Crippen molar-refractivity contribution in [3.63, 3.8) is 0 Å². The average Bonchev–Trinajstić information content (AvgIpc) is 2.76. The molecule has 0 spiro atoms. The SMILES string of the molecule is OCCCNCCc1ccc2c(c1)CCO2. The zero-order chi connectivity index (χ0) is 11.2. The summed E-state index contributed by atoms with van der Waals surface area (Å²) in [6.07, 6.45) is 2.91. The quantitative estimate of drug-likeness (QED) is 0.708. The Morgan fingerprint density at radius 1 is 1.31 bits per heavy atom. The van der Waals surface area contributed by atoms with Crippen LogP contribution in [0.2, 0.25) is 0 Å². The lowest BCUT2D eigenvalue weighted by molar-refractivity contribution is 0.286. The van der Waals surface area contributed by atoms with Crippen LogP contribution in [0.15, 0.2) is 18.2 Å². The highest BCUT2D eigenvalue weighted by atomic mass is 16.5. The molecule has 0 bridgehead atoms. The monoisotopic (exact) mass is 221 g/mol. The molecular weight excluding hydrogens is 202 g/mol. The molecule has 0 atom stereocenters. The van der Waals surface area contributed by atoms with Crippen molar-refractivity contribution in [2.24, 2.45) is 0 Å². The Balaban J connectivity index is 1.77. The molecular formula is C13H19NO2. The second-order valence-electron chi connectivity index (χ2n) is 4.12. The Morgan fingerprint density at radius 3 is 3.12 bits per heavy atom. The van der Waals surface area contributed by atoms with Crippen molar-refractivity contribution in [1.82, 2.24) is 5.32 Å². The summed E-state index contributed by atoms with van der Waals surface area (Å²) in [4.78, 5) is 0. The van der Waals surface area contributed by atoms with Crippen LogP contribution in [0.1, 0.15) is 17.5 Å². The molecule has 0 amide bonds. The van der Waals surface area contributed by atoms with E-state index in [4.69, 9.17) is 9.84 Å². The first-order chi connectivity index (χ1) is 7.90. The number of benzene rings is 1. The summed E-state index contributed by atoms with van der Waals surface area (Å²) in [7, 11) is 0. The van der Waals surface area contributed by atoms with Gasteiger partial charge in [-0.15, -0.1) is 0 Å². The van der Waals surface area contributed by atoms with Gasteiger partial charge < -0.3 is 15.2 Å². The lowest BCUT2D eigenvalue weighted by Crippen LogP contribution is -2.19. The molecule has 2 rings (SSSR count). The molecule has 1 aromatic rings. The molecule has 0 radical (unpaired) electrons. The maximum Gasteiger partial charge on any atom is 0.122 e. The Labute approximate surface area is 96.4 Å². The van der Waals surface area contributed by atoms with E-state index < -0.39 is 0 Å². The molecule has 88 valence electrons. The predicted octanol–water partition coefficient (Wildman–Crippen LogP) is 1.14. The molecule has 0 saturated heterocycles. The molecule has 16 heavy (non-hydrogen) atoms. The van der Waals surface area contributed by atoms with Gasteiger partial charge in [0.25, 0.3) is 0 Å². The van der Waals surface area contributed by atoms with Gasteiger partial charge in [-0.25, -0.2) is 0 Å². The van der Waals surface area contributed by atoms with Crippen LogP contribution >= 0.6 is 0 Å². The molecule has 1 heterocycles. The van der Waals surface area contributed by atoms with Crippen LogP contribution in [0.3, 0.4) is 0 Å². The number of fused-ring (bicyclic) bond motifs is 1. The van der Waals surface area contributed by atoms with Crippen LogP contribution in [0.4, 0.5) is 0 Å². The topological polar surface area (TPSA) is 41.5 Å². The minimum atomic E-state index is 0.267. The van der Waals surface area contributed by atoms with Crippen LogP contribution in [0.25, 0.3) is 0 Å². The van der Waals surface area contributed by atoms with Gasteiger partial charge >= 0.3 is 0 Å². The first-order valence-electron chi connectivity index (χ1n) is 5.96. The van der Waals surface area contributed by atoms with Gasteiger partial charge in [0.15, 0.2) is 0 Å². The van der Waals surface area contributed by atoms with Gasteiger partial charge in [0.05, 0.1) is 6.61 Å². The zero-order valence-corrected chi connectivity index (χ0v) is 9.54. The number of rotatable bonds is 6. The fourth-order valence-electron chi connectivity index (χ4n) is 1.96. The maximum atomic E-state index is 8.63. The smallest absolute Gasteiger partial charge is 0.122 e. The highest BCUT2D eigenvalue weighted by Gasteiger charge is 2.11. The number of hydrogen-bond donors (Lipinski definition) is 2. The molecule has 0 aromatic heterocycles. The lowest BCUT2D eigenvalue weighted by Gasteiger charge is -2.05. The van der Waals surface area contributed by atoms with Crippen LogP contribution < -0.4 is 10.1 Å². The largest absolute Gasteiger partial charge is 0.493 e. The van der Waals surface area contributed by atoms with E-state index in [1.54, 1.807) is 0 Å². The predicted molar refractivity (Wildman–Crippen MR) is 63.9 cm³/mol. The number of ether oxygens (including phenoxy) is 1. The number of aliphatic hydroxyl groups excluding tert-OH is 1. The summed E-state index contributed by atoms with van der Waals surface area (Å²) in [5.74, 6) is 1.05. The maximum absolute atomic E-state index is 8.63. The van der Waals surface area contributed by atoms with E-state index in [-0.39, 0.29) is 6.61 Å². The molecule has 1 aliphatic heterocycles. The van der Waals surface area contributed by atoms with Gasteiger partial charge in [0, 0.05) is 13.0 Å². The highest BCUT2D eigenvalue weighted by molar-refractivity contribution is 5.39. The van der Waals surface area contributed by atoms with E-state index in [0.717, 1.165) is 44.7 Å². The first-order valence-corrected chi connectivity index (χ1v) is 5.96. The fraction of sp³-hybridized carbons (Fsp3) is 0.538. The van der Waals surface area contributed by atoms with Crippen molar-refractivity contribution >= 4 is 0 Å². The van der Waals surface area contributed by atoms with Crippen molar-refractivity contribution in [2.45, 2.75) is 19.3 Å². The molecule has 2 N–H and O–H groups in total. The van der Waals surface area contributed by atoms with E-state index in [2.05, 4.69) is 23.5 Å². The van der Waals surface area contributed by atoms with Crippen molar-refractivity contribution in [2.75, 3.05) is 26.3 Å². The van der Waals surface area contributed by atoms with Gasteiger partial charge in [-0.3, -0.25) is 0 Å². The van der Waals surface area contributed by atoms with Crippen LogP contribution in [0, 0.1) is 0 Å². The lowest BCUT2D eigenvalue weighted by atomic mass is 10.1. The molecule has 1 aromatic carbocycles. The van der Waals surface area contributed by atoms with Crippen LogP contribution in [0.5, 0.6) is 5.75 Å². The minimum Gasteiger partial charge on any atom is -0.493 e. The Morgan fingerprint density at radius 2 is 2.25 bits per heavy atom. The third kappa shape index (κ3) is 2.97. The summed E-state index contributed by atoms with van der Waals surface area (Å²) in [5.41, 5.74) is 2.70. The van der Waals surface area contributed by atoms with E-state index >= 15 is 0 Å². The van der Waals surface area contributed by atoms with Crippen molar-refractivity contribution in [3.05, 3.63) is 29.3 Å². The van der Waals surface area contributed by atoms with Crippen LogP contribution in [-0.2, 0) is 12.8 Å². The number of hydrogen-bond acceptors (Lipinski definition) is 3. The van der Waals surface area contributed by atoms with E-state index in [1.807, 2.05) is 0 Å². The second-order valence-corrected chi connectivity index (χ2v) is 4.12. The van der Waals surface area contributed by atoms with Crippen molar-refractivity contribution in [1.29, 1.82) is 0 Å². The molecule has 0 unspecified atom stereocenters. The second kappa shape index (κ2) is 5.87. The Kier molecular flexibility index (Phi) is 4.19. The van der Waals surface area contributed by atoms with E-state index in [9.17, 15) is 0 Å². The highest BCUT2D eigenvalue weighted by Crippen LogP contribution is 2.25. The molecule has 0 aliphatic carbocycles. The molecule has 3 heteroatoms. The number of nitrogens with one attached hydrogen (secondary N) is 1. The summed E-state index contributed by atoms with van der Waals surface area (Å²) in [6, 6.07) is 6.46. The summed E-state index contributed by atoms with van der Waals surface area (Å²) >= 11 is 0. The standard InChI is InChI=1S/C13H19NO2/c15-8-1-6-14-7-4-11-2-3-13-12(10-11)5-9-16-13/h2-3,10,14-15H,1,4-9H2. The molecule has 0 fully saturated rings. The normalized spacial score (nSPS) is 13.6. The zero-order valence-electron chi connectivity index (χ0n) is 9.54. The van der Waals surface area contributed by atoms with Gasteiger partial charge in [-0.1, -0.05) is 12.1 Å². The molecule has 3 nitrogen and oxygen atoms in total. The summed E-state index contributed by atoms with van der Waals surface area (Å²) in [5, 5.41) is 11.9. The fourth-order valence-corrected chi connectivity index (χ4v) is 1.96. The molecule has 0 saturated carbocycles. The third-order valence-electron chi connectivity index (χ3n) is 2.86. The summed E-state index contributed by atoms with van der Waals surface area (Å²) in [6.45, 7) is 2.96. The first kappa shape index (κ1) is 11.4. The summed E-state index contributed by atoms with van der Waals surface area (Å²) < 4.78 is 5.47. The van der Waals surface area contributed by atoms with E-state index in [0.29, 0.717) is 0 Å². The van der Waals surface area contributed by atoms with Gasteiger partial charge in [-0.05, 0) is 43.1 Å². The third-order valence-corrected chi connectivity index (χ3v) is 2.86.